The van der Waals surface area contributed by atoms with Gasteiger partial charge in [-0.25, -0.2) is 4.39 Å². The summed E-state index contributed by atoms with van der Waals surface area (Å²) in [7, 11) is 0. The van der Waals surface area contributed by atoms with Crippen molar-refractivity contribution in [2.24, 2.45) is 5.92 Å². The van der Waals surface area contributed by atoms with Crippen molar-refractivity contribution >= 4 is 5.69 Å². The molecule has 92 valence electrons. The van der Waals surface area contributed by atoms with E-state index in [1.165, 1.54) is 31.7 Å². The lowest BCUT2D eigenvalue weighted by molar-refractivity contribution is 0.241. The summed E-state index contributed by atoms with van der Waals surface area (Å²) in [6, 6.07) is 5.75. The minimum atomic E-state index is -0.161. The van der Waals surface area contributed by atoms with Gasteiger partial charge in [0.1, 0.15) is 5.82 Å². The average Bonchev–Trinajstić information content (AvgIpc) is 3.14. The molecule has 3 heteroatoms. The first-order valence-corrected chi connectivity index (χ1v) is 6.50. The Hall–Kier alpha value is -1.09. The SMILES string of the molecule is Nc1ccc(CN(CC2CC2)C2CC2)c(F)c1. The van der Waals surface area contributed by atoms with Gasteiger partial charge in [-0.15, -0.1) is 0 Å². The summed E-state index contributed by atoms with van der Waals surface area (Å²) in [5.41, 5.74) is 6.86. The first kappa shape index (κ1) is 11.0. The molecular formula is C14H19FN2. The van der Waals surface area contributed by atoms with E-state index in [1.807, 2.05) is 6.07 Å². The first-order valence-electron chi connectivity index (χ1n) is 6.50. The third-order valence-corrected chi connectivity index (χ3v) is 3.70. The van der Waals surface area contributed by atoms with Crippen LogP contribution in [0.3, 0.4) is 0 Å². The average molecular weight is 234 g/mol. The molecule has 17 heavy (non-hydrogen) atoms. The number of rotatable bonds is 5. The molecule has 0 saturated heterocycles. The van der Waals surface area contributed by atoms with Gasteiger partial charge >= 0.3 is 0 Å². The molecule has 0 radical (unpaired) electrons. The van der Waals surface area contributed by atoms with Crippen LogP contribution in [0.5, 0.6) is 0 Å². The van der Waals surface area contributed by atoms with E-state index in [1.54, 1.807) is 6.07 Å². The molecule has 0 aromatic heterocycles. The maximum Gasteiger partial charge on any atom is 0.129 e. The predicted molar refractivity (Wildman–Crippen MR) is 67.0 cm³/mol. The number of hydrogen-bond donors (Lipinski definition) is 1. The quantitative estimate of drug-likeness (QED) is 0.794. The monoisotopic (exact) mass is 234 g/mol. The summed E-state index contributed by atoms with van der Waals surface area (Å²) < 4.78 is 13.7. The number of nitrogen functional groups attached to an aromatic ring is 1. The summed E-state index contributed by atoms with van der Waals surface area (Å²) in [4.78, 5) is 2.45. The first-order chi connectivity index (χ1) is 8.22. The van der Waals surface area contributed by atoms with Crippen LogP contribution in [0.2, 0.25) is 0 Å². The second-order valence-corrected chi connectivity index (χ2v) is 5.45. The van der Waals surface area contributed by atoms with E-state index < -0.39 is 0 Å². The third-order valence-electron chi connectivity index (χ3n) is 3.70. The molecule has 0 aliphatic heterocycles. The lowest BCUT2D eigenvalue weighted by Gasteiger charge is -2.22. The summed E-state index contributed by atoms with van der Waals surface area (Å²) >= 11 is 0. The normalized spacial score (nSPS) is 19.9. The minimum Gasteiger partial charge on any atom is -0.399 e. The standard InChI is InChI=1S/C14H19FN2/c15-14-7-12(16)4-3-11(14)9-17(13-5-6-13)8-10-1-2-10/h3-4,7,10,13H,1-2,5-6,8-9,16H2. The number of benzene rings is 1. The van der Waals surface area contributed by atoms with Gasteiger partial charge in [0.25, 0.3) is 0 Å². The number of nitrogens with zero attached hydrogens (tertiary/aromatic N) is 1. The molecule has 2 nitrogen and oxygen atoms in total. The molecule has 2 N–H and O–H groups in total. The van der Waals surface area contributed by atoms with Gasteiger partial charge in [-0.05, 0) is 43.7 Å². The summed E-state index contributed by atoms with van der Waals surface area (Å²) in [5, 5.41) is 0. The second kappa shape index (κ2) is 4.30. The number of anilines is 1. The summed E-state index contributed by atoms with van der Waals surface area (Å²) in [6.07, 6.45) is 5.27. The van der Waals surface area contributed by atoms with Crippen LogP contribution in [0.15, 0.2) is 18.2 Å². The van der Waals surface area contributed by atoms with Crippen LogP contribution in [-0.2, 0) is 6.54 Å². The molecule has 2 aliphatic carbocycles. The molecule has 0 bridgehead atoms. The smallest absolute Gasteiger partial charge is 0.129 e. The molecule has 2 aliphatic rings. The Labute approximate surface area is 102 Å². The van der Waals surface area contributed by atoms with Gasteiger partial charge in [0.15, 0.2) is 0 Å². The van der Waals surface area contributed by atoms with Crippen molar-refractivity contribution in [2.45, 2.75) is 38.3 Å². The molecular weight excluding hydrogens is 215 g/mol. The Balaban J connectivity index is 1.69. The van der Waals surface area contributed by atoms with Crippen molar-refractivity contribution < 1.29 is 4.39 Å². The third kappa shape index (κ3) is 2.78. The van der Waals surface area contributed by atoms with Crippen molar-refractivity contribution in [3.05, 3.63) is 29.6 Å². The molecule has 0 spiro atoms. The molecule has 2 fully saturated rings. The van der Waals surface area contributed by atoms with Crippen LogP contribution in [0, 0.1) is 11.7 Å². The predicted octanol–water partition coefficient (Wildman–Crippen LogP) is 2.78. The van der Waals surface area contributed by atoms with Gasteiger partial charge in [0.05, 0.1) is 0 Å². The Morgan fingerprint density at radius 3 is 2.59 bits per heavy atom. The van der Waals surface area contributed by atoms with Crippen molar-refractivity contribution in [1.82, 2.24) is 4.90 Å². The van der Waals surface area contributed by atoms with E-state index in [9.17, 15) is 4.39 Å². The van der Waals surface area contributed by atoms with Gasteiger partial charge in [0.2, 0.25) is 0 Å². The van der Waals surface area contributed by atoms with Crippen molar-refractivity contribution in [3.63, 3.8) is 0 Å². The van der Waals surface area contributed by atoms with Crippen molar-refractivity contribution in [3.8, 4) is 0 Å². The maximum atomic E-state index is 13.7. The fraction of sp³-hybridized carbons (Fsp3) is 0.571. The molecule has 0 unspecified atom stereocenters. The zero-order valence-corrected chi connectivity index (χ0v) is 10.0. The van der Waals surface area contributed by atoms with E-state index >= 15 is 0 Å². The Morgan fingerprint density at radius 1 is 1.24 bits per heavy atom. The van der Waals surface area contributed by atoms with Crippen LogP contribution >= 0.6 is 0 Å². The highest BCUT2D eigenvalue weighted by Gasteiger charge is 2.33. The van der Waals surface area contributed by atoms with Crippen LogP contribution in [0.25, 0.3) is 0 Å². The van der Waals surface area contributed by atoms with Gasteiger partial charge < -0.3 is 5.73 Å². The van der Waals surface area contributed by atoms with Gasteiger partial charge in [-0.3, -0.25) is 4.90 Å². The van der Waals surface area contributed by atoms with Crippen molar-refractivity contribution in [1.29, 1.82) is 0 Å². The molecule has 0 amide bonds. The van der Waals surface area contributed by atoms with Crippen LogP contribution < -0.4 is 5.73 Å². The molecule has 0 heterocycles. The van der Waals surface area contributed by atoms with Crippen LogP contribution in [0.4, 0.5) is 10.1 Å². The zero-order chi connectivity index (χ0) is 11.8. The number of hydrogen-bond acceptors (Lipinski definition) is 2. The summed E-state index contributed by atoms with van der Waals surface area (Å²) in [5.74, 6) is 0.707. The Kier molecular flexibility index (Phi) is 2.79. The number of halogens is 1. The van der Waals surface area contributed by atoms with E-state index in [0.717, 1.165) is 24.6 Å². The van der Waals surface area contributed by atoms with E-state index in [-0.39, 0.29) is 5.82 Å². The van der Waals surface area contributed by atoms with Crippen LogP contribution in [0.1, 0.15) is 31.2 Å². The Morgan fingerprint density at radius 2 is 2.00 bits per heavy atom. The summed E-state index contributed by atoms with van der Waals surface area (Å²) in [6.45, 7) is 1.89. The Bertz CT molecular complexity index is 411. The van der Waals surface area contributed by atoms with Gasteiger partial charge in [-0.1, -0.05) is 6.07 Å². The van der Waals surface area contributed by atoms with Crippen molar-refractivity contribution in [2.75, 3.05) is 12.3 Å². The second-order valence-electron chi connectivity index (χ2n) is 5.45. The lowest BCUT2D eigenvalue weighted by atomic mass is 10.1. The highest BCUT2D eigenvalue weighted by Crippen LogP contribution is 2.35. The molecule has 2 saturated carbocycles. The molecule has 1 aromatic carbocycles. The lowest BCUT2D eigenvalue weighted by Crippen LogP contribution is -2.28. The van der Waals surface area contributed by atoms with Crippen LogP contribution in [-0.4, -0.2) is 17.5 Å². The topological polar surface area (TPSA) is 29.3 Å². The minimum absolute atomic E-state index is 0.161. The highest BCUT2D eigenvalue weighted by molar-refractivity contribution is 5.40. The van der Waals surface area contributed by atoms with Gasteiger partial charge in [0, 0.05) is 30.4 Å². The largest absolute Gasteiger partial charge is 0.399 e. The van der Waals surface area contributed by atoms with E-state index in [4.69, 9.17) is 5.73 Å². The fourth-order valence-electron chi connectivity index (χ4n) is 2.33. The maximum absolute atomic E-state index is 13.7. The van der Waals surface area contributed by atoms with Gasteiger partial charge in [-0.2, -0.15) is 0 Å². The highest BCUT2D eigenvalue weighted by atomic mass is 19.1. The molecule has 1 aromatic rings. The number of nitrogens with two attached hydrogens (primary N) is 1. The van der Waals surface area contributed by atoms with E-state index in [0.29, 0.717) is 11.7 Å². The zero-order valence-electron chi connectivity index (χ0n) is 10.0. The molecule has 3 rings (SSSR count). The molecule has 0 atom stereocenters. The fourth-order valence-corrected chi connectivity index (χ4v) is 2.33. The van der Waals surface area contributed by atoms with E-state index in [2.05, 4.69) is 4.90 Å².